The van der Waals surface area contributed by atoms with Gasteiger partial charge in [-0.25, -0.2) is 0 Å². The lowest BCUT2D eigenvalue weighted by Crippen LogP contribution is -2.33. The second-order valence-corrected chi connectivity index (χ2v) is 5.16. The summed E-state index contributed by atoms with van der Waals surface area (Å²) >= 11 is 0. The fourth-order valence-corrected chi connectivity index (χ4v) is 1.99. The maximum atomic E-state index is 11.7. The van der Waals surface area contributed by atoms with E-state index in [1.54, 1.807) is 19.3 Å². The Morgan fingerprint density at radius 1 is 1.62 bits per heavy atom. The van der Waals surface area contributed by atoms with E-state index in [2.05, 4.69) is 9.82 Å². The molecule has 92 valence electrons. The predicted octanol–water partition coefficient (Wildman–Crippen LogP) is -0.609. The molecule has 0 aliphatic rings. The summed E-state index contributed by atoms with van der Waals surface area (Å²) in [7, 11) is -0.429. The molecule has 0 saturated heterocycles. The lowest BCUT2D eigenvalue weighted by atomic mass is 10.5. The summed E-state index contributed by atoms with van der Waals surface area (Å²) in [5.41, 5.74) is 0. The average molecular weight is 248 g/mol. The highest BCUT2D eigenvalue weighted by molar-refractivity contribution is 7.90. The van der Waals surface area contributed by atoms with Gasteiger partial charge in [-0.2, -0.15) is 17.8 Å². The van der Waals surface area contributed by atoms with Crippen molar-refractivity contribution in [1.29, 1.82) is 0 Å². The van der Waals surface area contributed by atoms with Crippen LogP contribution in [-0.2, 0) is 17.3 Å². The fourth-order valence-electron chi connectivity index (χ4n) is 1.09. The Morgan fingerprint density at radius 3 is 2.81 bits per heavy atom. The molecule has 1 aromatic heterocycles. The van der Waals surface area contributed by atoms with Crippen molar-refractivity contribution in [3.63, 3.8) is 0 Å². The van der Waals surface area contributed by atoms with Crippen LogP contribution in [0.15, 0.2) is 12.3 Å². The largest absolute Gasteiger partial charge is 0.396 e. The summed E-state index contributed by atoms with van der Waals surface area (Å²) in [6.45, 7) is 0.224. The van der Waals surface area contributed by atoms with E-state index in [-0.39, 0.29) is 19.0 Å². The van der Waals surface area contributed by atoms with Crippen LogP contribution >= 0.6 is 0 Å². The third-order valence-electron chi connectivity index (χ3n) is 1.99. The van der Waals surface area contributed by atoms with Crippen LogP contribution in [0.3, 0.4) is 0 Å². The highest BCUT2D eigenvalue weighted by Crippen LogP contribution is 2.07. The number of hydrogen-bond acceptors (Lipinski definition) is 4. The lowest BCUT2D eigenvalue weighted by Gasteiger charge is -2.16. The molecule has 0 atom stereocenters. The van der Waals surface area contributed by atoms with Gasteiger partial charge < -0.3 is 5.11 Å². The zero-order valence-electron chi connectivity index (χ0n) is 9.29. The molecule has 16 heavy (non-hydrogen) atoms. The Kier molecular flexibility index (Phi) is 4.27. The van der Waals surface area contributed by atoms with E-state index in [9.17, 15) is 8.42 Å². The van der Waals surface area contributed by atoms with Crippen molar-refractivity contribution >= 4 is 16.0 Å². The zero-order chi connectivity index (χ0) is 12.2. The highest BCUT2D eigenvalue weighted by Gasteiger charge is 2.17. The molecule has 0 fully saturated rings. The van der Waals surface area contributed by atoms with Crippen molar-refractivity contribution in [3.8, 4) is 0 Å². The number of hydrogen-bond donors (Lipinski definition) is 2. The van der Waals surface area contributed by atoms with E-state index < -0.39 is 10.2 Å². The second kappa shape index (κ2) is 5.28. The van der Waals surface area contributed by atoms with Gasteiger partial charge in [-0.1, -0.05) is 0 Å². The van der Waals surface area contributed by atoms with Crippen LogP contribution in [0.2, 0.25) is 0 Å². The van der Waals surface area contributed by atoms with E-state index in [4.69, 9.17) is 5.11 Å². The third kappa shape index (κ3) is 3.47. The molecule has 0 bridgehead atoms. The zero-order valence-corrected chi connectivity index (χ0v) is 10.1. The van der Waals surface area contributed by atoms with E-state index >= 15 is 0 Å². The highest BCUT2D eigenvalue weighted by atomic mass is 32.2. The van der Waals surface area contributed by atoms with Gasteiger partial charge in [0.15, 0.2) is 5.82 Å². The second-order valence-electron chi connectivity index (χ2n) is 3.38. The molecule has 0 aliphatic carbocycles. The van der Waals surface area contributed by atoms with Crippen molar-refractivity contribution < 1.29 is 13.5 Å². The van der Waals surface area contributed by atoms with Gasteiger partial charge in [-0.3, -0.25) is 9.40 Å². The number of aliphatic hydroxyl groups excluding tert-OH is 1. The van der Waals surface area contributed by atoms with E-state index in [1.165, 1.54) is 11.7 Å². The van der Waals surface area contributed by atoms with E-state index in [0.29, 0.717) is 6.42 Å². The van der Waals surface area contributed by atoms with Gasteiger partial charge in [0.2, 0.25) is 0 Å². The van der Waals surface area contributed by atoms with E-state index in [0.717, 1.165) is 4.31 Å². The summed E-state index contributed by atoms with van der Waals surface area (Å²) in [6, 6.07) is 1.57. The van der Waals surface area contributed by atoms with Crippen molar-refractivity contribution in [1.82, 2.24) is 14.1 Å². The normalized spacial score (nSPS) is 12.0. The van der Waals surface area contributed by atoms with Gasteiger partial charge in [-0.15, -0.1) is 0 Å². The monoisotopic (exact) mass is 248 g/mol. The summed E-state index contributed by atoms with van der Waals surface area (Å²) in [5, 5.41) is 12.5. The molecular formula is C8H16N4O3S. The smallest absolute Gasteiger partial charge is 0.302 e. The minimum Gasteiger partial charge on any atom is -0.396 e. The first-order valence-corrected chi connectivity index (χ1v) is 6.24. The molecule has 0 amide bonds. The number of aromatic nitrogens is 2. The number of aliphatic hydroxyl groups is 1. The van der Waals surface area contributed by atoms with Crippen molar-refractivity contribution in [2.24, 2.45) is 7.05 Å². The minimum absolute atomic E-state index is 0.0382. The van der Waals surface area contributed by atoms with Crippen molar-refractivity contribution in [3.05, 3.63) is 12.3 Å². The quantitative estimate of drug-likeness (QED) is 0.703. The molecule has 0 radical (unpaired) electrons. The van der Waals surface area contributed by atoms with Crippen LogP contribution in [0.1, 0.15) is 6.42 Å². The first kappa shape index (κ1) is 12.9. The summed E-state index contributed by atoms with van der Waals surface area (Å²) in [5.74, 6) is 0.276. The molecule has 0 unspecified atom stereocenters. The molecule has 0 spiro atoms. The summed E-state index contributed by atoms with van der Waals surface area (Å²) in [4.78, 5) is 0. The van der Waals surface area contributed by atoms with Crippen LogP contribution in [0, 0.1) is 0 Å². The van der Waals surface area contributed by atoms with Crippen LogP contribution in [0.5, 0.6) is 0 Å². The van der Waals surface area contributed by atoms with Gasteiger partial charge in [0.1, 0.15) is 0 Å². The Morgan fingerprint density at radius 2 is 2.31 bits per heavy atom. The Labute approximate surface area is 94.9 Å². The number of nitrogens with zero attached hydrogens (tertiary/aromatic N) is 3. The average Bonchev–Trinajstić information content (AvgIpc) is 2.59. The van der Waals surface area contributed by atoms with Gasteiger partial charge in [0.25, 0.3) is 0 Å². The number of anilines is 1. The Hall–Kier alpha value is -1.12. The molecule has 0 aliphatic heterocycles. The van der Waals surface area contributed by atoms with Gasteiger partial charge in [0.05, 0.1) is 0 Å². The van der Waals surface area contributed by atoms with Crippen LogP contribution in [0.25, 0.3) is 0 Å². The van der Waals surface area contributed by atoms with Gasteiger partial charge in [0, 0.05) is 39.5 Å². The molecule has 8 heteroatoms. The molecule has 0 aromatic carbocycles. The maximum absolute atomic E-state index is 11.7. The maximum Gasteiger partial charge on any atom is 0.302 e. The lowest BCUT2D eigenvalue weighted by molar-refractivity contribution is 0.276. The standard InChI is InChI=1S/C8H16N4O3S/c1-11-6-4-8(9-11)10-16(14,15)12(2)5-3-7-13/h4,6,13H,3,5,7H2,1-2H3,(H,9,10). The van der Waals surface area contributed by atoms with Crippen molar-refractivity contribution in [2.45, 2.75) is 6.42 Å². The minimum atomic E-state index is -3.58. The molecule has 1 aromatic rings. The SMILES string of the molecule is CN(CCCO)S(=O)(=O)Nc1ccn(C)n1. The molecule has 2 N–H and O–H groups in total. The summed E-state index contributed by atoms with van der Waals surface area (Å²) < 4.78 is 28.4. The molecule has 1 rings (SSSR count). The van der Waals surface area contributed by atoms with Crippen LogP contribution in [-0.4, -0.2) is 47.8 Å². The van der Waals surface area contributed by atoms with Gasteiger partial charge in [-0.05, 0) is 6.42 Å². The fraction of sp³-hybridized carbons (Fsp3) is 0.625. The first-order chi connectivity index (χ1) is 7.45. The number of nitrogens with one attached hydrogen (secondary N) is 1. The predicted molar refractivity (Wildman–Crippen MR) is 60.1 cm³/mol. The van der Waals surface area contributed by atoms with Crippen LogP contribution in [0.4, 0.5) is 5.82 Å². The van der Waals surface area contributed by atoms with Gasteiger partial charge >= 0.3 is 10.2 Å². The molecular weight excluding hydrogens is 232 g/mol. The number of aryl methyl sites for hydroxylation is 1. The number of rotatable bonds is 6. The Balaban J connectivity index is 2.64. The first-order valence-electron chi connectivity index (χ1n) is 4.80. The van der Waals surface area contributed by atoms with Crippen molar-refractivity contribution in [2.75, 3.05) is 24.9 Å². The van der Waals surface area contributed by atoms with Crippen LogP contribution < -0.4 is 4.72 Å². The third-order valence-corrected chi connectivity index (χ3v) is 3.46. The Bertz CT molecular complexity index is 428. The summed E-state index contributed by atoms with van der Waals surface area (Å²) in [6.07, 6.45) is 2.05. The molecule has 1 heterocycles. The molecule has 0 saturated carbocycles. The van der Waals surface area contributed by atoms with E-state index in [1.807, 2.05) is 0 Å². The molecule has 7 nitrogen and oxygen atoms in total. The topological polar surface area (TPSA) is 87.5 Å².